The molecule has 72 valence electrons. The Morgan fingerprint density at radius 1 is 1.33 bits per heavy atom. The van der Waals surface area contributed by atoms with Crippen LogP contribution in [0.3, 0.4) is 0 Å². The Bertz CT molecular complexity index is 126. The molecule has 0 nitrogen and oxygen atoms in total. The molecule has 0 saturated heterocycles. The Hall–Kier alpha value is 0.440. The van der Waals surface area contributed by atoms with E-state index in [1.807, 2.05) is 23.5 Å². The Balaban J connectivity index is 3.77. The van der Waals surface area contributed by atoms with Crippen LogP contribution in [0.25, 0.3) is 0 Å². The van der Waals surface area contributed by atoms with Crippen molar-refractivity contribution < 1.29 is 0 Å². The van der Waals surface area contributed by atoms with E-state index in [1.165, 1.54) is 19.3 Å². The first-order valence-electron chi connectivity index (χ1n) is 4.47. The first kappa shape index (κ1) is 12.4. The summed E-state index contributed by atoms with van der Waals surface area (Å²) < 4.78 is 0.654. The highest BCUT2D eigenvalue weighted by Gasteiger charge is 2.00. The predicted octanol–water partition coefficient (Wildman–Crippen LogP) is 4.18. The molecule has 0 radical (unpaired) electrons. The van der Waals surface area contributed by atoms with E-state index in [2.05, 4.69) is 32.4 Å². The first-order chi connectivity index (χ1) is 5.74. The van der Waals surface area contributed by atoms with Gasteiger partial charge in [0.2, 0.25) is 0 Å². The van der Waals surface area contributed by atoms with E-state index < -0.39 is 0 Å². The van der Waals surface area contributed by atoms with Crippen LogP contribution in [0.5, 0.6) is 0 Å². The Kier molecular flexibility index (Phi) is 8.35. The summed E-state index contributed by atoms with van der Waals surface area (Å²) in [6.07, 6.45) is 10.6. The van der Waals surface area contributed by atoms with Gasteiger partial charge < -0.3 is 0 Å². The molecule has 0 bridgehead atoms. The lowest BCUT2D eigenvalue weighted by Crippen LogP contribution is -1.91. The van der Waals surface area contributed by atoms with Crippen LogP contribution < -0.4 is 0 Å². The Labute approximate surface area is 85.6 Å². The van der Waals surface area contributed by atoms with Crippen molar-refractivity contribution in [1.29, 1.82) is 0 Å². The van der Waals surface area contributed by atoms with E-state index in [9.17, 15) is 0 Å². The van der Waals surface area contributed by atoms with Crippen LogP contribution in [0.4, 0.5) is 0 Å². The molecule has 0 amide bonds. The van der Waals surface area contributed by atoms with Crippen molar-refractivity contribution in [2.45, 2.75) is 37.7 Å². The number of hydrogen-bond acceptors (Lipinski definition) is 2. The third-order valence-electron chi connectivity index (χ3n) is 1.81. The lowest BCUT2D eigenvalue weighted by Gasteiger charge is -2.07. The lowest BCUT2D eigenvalue weighted by molar-refractivity contribution is 0.786. The maximum atomic E-state index is 2.39. The van der Waals surface area contributed by atoms with Gasteiger partial charge in [-0.25, -0.2) is 0 Å². The van der Waals surface area contributed by atoms with Crippen LogP contribution in [0.2, 0.25) is 0 Å². The minimum atomic E-state index is 0.654. The van der Waals surface area contributed by atoms with Crippen molar-refractivity contribution in [3.05, 3.63) is 11.6 Å². The number of unbranched alkanes of at least 4 members (excludes halogenated alkanes) is 1. The number of hydrogen-bond donors (Lipinski definition) is 0. The minimum Gasteiger partial charge on any atom is -0.147 e. The van der Waals surface area contributed by atoms with Crippen LogP contribution in [0, 0.1) is 0 Å². The highest BCUT2D eigenvalue weighted by Crippen LogP contribution is 2.22. The van der Waals surface area contributed by atoms with Gasteiger partial charge in [0.05, 0.1) is 4.58 Å². The molecule has 0 rings (SSSR count). The smallest absolute Gasteiger partial charge is 0.0679 e. The molecular weight excluding hydrogens is 184 g/mol. The van der Waals surface area contributed by atoms with Crippen molar-refractivity contribution in [3.63, 3.8) is 0 Å². The monoisotopic (exact) mass is 204 g/mol. The van der Waals surface area contributed by atoms with Crippen LogP contribution in [-0.4, -0.2) is 17.1 Å². The predicted molar refractivity (Wildman–Crippen MR) is 64.1 cm³/mol. The fourth-order valence-electron chi connectivity index (χ4n) is 1.00. The summed E-state index contributed by atoms with van der Waals surface area (Å²) in [5, 5.41) is 0. The van der Waals surface area contributed by atoms with Gasteiger partial charge in [-0.3, -0.25) is 0 Å². The molecule has 0 aliphatic heterocycles. The third kappa shape index (κ3) is 6.01. The molecule has 0 heterocycles. The molecule has 0 fully saturated rings. The van der Waals surface area contributed by atoms with Gasteiger partial charge in [-0.2, -0.15) is 0 Å². The first-order valence-corrected chi connectivity index (χ1v) is 7.05. The quantitative estimate of drug-likeness (QED) is 0.470. The highest BCUT2D eigenvalue weighted by molar-refractivity contribution is 8.16. The number of thioether (sulfide) groups is 2. The summed E-state index contributed by atoms with van der Waals surface area (Å²) in [6.45, 7) is 4.49. The van der Waals surface area contributed by atoms with Crippen LogP contribution >= 0.6 is 23.5 Å². The van der Waals surface area contributed by atoms with Crippen molar-refractivity contribution in [2.24, 2.45) is 0 Å². The summed E-state index contributed by atoms with van der Waals surface area (Å²) in [5.74, 6) is 0. The molecule has 0 spiro atoms. The van der Waals surface area contributed by atoms with Crippen molar-refractivity contribution in [2.75, 3.05) is 12.5 Å². The maximum absolute atomic E-state index is 2.39. The largest absolute Gasteiger partial charge is 0.147 e. The van der Waals surface area contributed by atoms with Crippen molar-refractivity contribution in [3.8, 4) is 0 Å². The standard InChI is InChI=1S/C10H20S2/c1-5-6-7-9(2)8-10(11-3)12-4/h8,10H,5-7H2,1-4H3/b9-8+. The van der Waals surface area contributed by atoms with E-state index in [-0.39, 0.29) is 0 Å². The van der Waals surface area contributed by atoms with Gasteiger partial charge in [0.1, 0.15) is 0 Å². The number of rotatable bonds is 6. The molecule has 0 aromatic rings. The minimum absolute atomic E-state index is 0.654. The van der Waals surface area contributed by atoms with E-state index in [0.29, 0.717) is 4.58 Å². The summed E-state index contributed by atoms with van der Waals surface area (Å²) in [6, 6.07) is 0. The average Bonchev–Trinajstić information content (AvgIpc) is 2.10. The normalized spacial score (nSPS) is 12.6. The maximum Gasteiger partial charge on any atom is 0.0679 e. The van der Waals surface area contributed by atoms with Gasteiger partial charge in [-0.15, -0.1) is 23.5 Å². The molecule has 12 heavy (non-hydrogen) atoms. The van der Waals surface area contributed by atoms with E-state index in [4.69, 9.17) is 0 Å². The molecule has 0 aliphatic carbocycles. The van der Waals surface area contributed by atoms with E-state index in [0.717, 1.165) is 0 Å². The van der Waals surface area contributed by atoms with Gasteiger partial charge in [0.15, 0.2) is 0 Å². The van der Waals surface area contributed by atoms with E-state index >= 15 is 0 Å². The van der Waals surface area contributed by atoms with Crippen LogP contribution in [0.15, 0.2) is 11.6 Å². The molecule has 0 aromatic heterocycles. The van der Waals surface area contributed by atoms with Gasteiger partial charge in [0.25, 0.3) is 0 Å². The molecule has 0 atom stereocenters. The zero-order chi connectivity index (χ0) is 9.40. The molecule has 2 heteroatoms. The summed E-state index contributed by atoms with van der Waals surface area (Å²) in [5.41, 5.74) is 1.55. The van der Waals surface area contributed by atoms with Gasteiger partial charge in [-0.05, 0) is 32.3 Å². The van der Waals surface area contributed by atoms with Gasteiger partial charge in [-0.1, -0.05) is 25.0 Å². The van der Waals surface area contributed by atoms with Crippen LogP contribution in [0.1, 0.15) is 33.1 Å². The molecular formula is C10H20S2. The fourth-order valence-corrected chi connectivity index (χ4v) is 2.51. The third-order valence-corrected chi connectivity index (χ3v) is 4.17. The van der Waals surface area contributed by atoms with E-state index in [1.54, 1.807) is 5.57 Å². The highest BCUT2D eigenvalue weighted by atomic mass is 32.2. The number of allylic oxidation sites excluding steroid dienone is 1. The molecule has 0 unspecified atom stereocenters. The Morgan fingerprint density at radius 3 is 2.33 bits per heavy atom. The zero-order valence-corrected chi connectivity index (χ0v) is 10.2. The fraction of sp³-hybridized carbons (Fsp3) is 0.800. The molecule has 0 aliphatic rings. The zero-order valence-electron chi connectivity index (χ0n) is 8.59. The van der Waals surface area contributed by atoms with Gasteiger partial charge >= 0.3 is 0 Å². The van der Waals surface area contributed by atoms with Crippen LogP contribution in [-0.2, 0) is 0 Å². The lowest BCUT2D eigenvalue weighted by atomic mass is 10.1. The molecule has 0 aromatic carbocycles. The SMILES string of the molecule is CCCC/C(C)=C/C(SC)SC. The van der Waals surface area contributed by atoms with Gasteiger partial charge in [0, 0.05) is 0 Å². The summed E-state index contributed by atoms with van der Waals surface area (Å²) in [7, 11) is 0. The van der Waals surface area contributed by atoms with Crippen molar-refractivity contribution >= 4 is 23.5 Å². The van der Waals surface area contributed by atoms with Crippen molar-refractivity contribution in [1.82, 2.24) is 0 Å². The second kappa shape index (κ2) is 8.06. The Morgan fingerprint density at radius 2 is 1.92 bits per heavy atom. The second-order valence-electron chi connectivity index (χ2n) is 2.96. The average molecular weight is 204 g/mol. The molecule has 0 N–H and O–H groups in total. The summed E-state index contributed by atoms with van der Waals surface area (Å²) >= 11 is 3.84. The molecule has 0 saturated carbocycles. The summed E-state index contributed by atoms with van der Waals surface area (Å²) in [4.78, 5) is 0. The second-order valence-corrected chi connectivity index (χ2v) is 5.21. The topological polar surface area (TPSA) is 0 Å².